The Morgan fingerprint density at radius 1 is 1.27 bits per heavy atom. The number of thiophene rings is 1. The van der Waals surface area contributed by atoms with Crippen LogP contribution in [0, 0.1) is 12.7 Å². The van der Waals surface area contributed by atoms with Gasteiger partial charge in [0.15, 0.2) is 11.6 Å². The molecule has 0 bridgehead atoms. The van der Waals surface area contributed by atoms with Crippen molar-refractivity contribution in [2.75, 3.05) is 7.11 Å². The highest BCUT2D eigenvalue weighted by molar-refractivity contribution is 7.91. The van der Waals surface area contributed by atoms with E-state index in [1.807, 2.05) is 12.3 Å². The number of aryl methyl sites for hydroxylation is 1. The lowest BCUT2D eigenvalue weighted by Crippen LogP contribution is -2.26. The fraction of sp³-hybridized carbons (Fsp3) is 0.235. The summed E-state index contributed by atoms with van der Waals surface area (Å²) in [5, 5.41) is 2.82. The minimum atomic E-state index is -3.73. The van der Waals surface area contributed by atoms with E-state index in [1.54, 1.807) is 25.1 Å². The van der Waals surface area contributed by atoms with Gasteiger partial charge in [-0.2, -0.15) is 0 Å². The minimum Gasteiger partial charge on any atom is -0.494 e. The van der Waals surface area contributed by atoms with E-state index in [-0.39, 0.29) is 9.96 Å². The summed E-state index contributed by atoms with van der Waals surface area (Å²) in [5.74, 6) is -0.418. The standard InChI is InChI=1S/C17H17FN2O3S3/c1-10(12-4-5-15(23-3)13(18)8-12)20-26(21,22)17-7-6-16(25-17)14-9-24-11(2)19-14/h4-10,20H,1-3H3/t10-/m0/s1. The van der Waals surface area contributed by atoms with Gasteiger partial charge in [-0.25, -0.2) is 22.5 Å². The summed E-state index contributed by atoms with van der Waals surface area (Å²) >= 11 is 2.67. The Balaban J connectivity index is 1.80. The summed E-state index contributed by atoms with van der Waals surface area (Å²) in [5.41, 5.74) is 1.28. The minimum absolute atomic E-state index is 0.116. The second kappa shape index (κ2) is 7.43. The molecule has 0 fully saturated rings. The summed E-state index contributed by atoms with van der Waals surface area (Å²) in [6.45, 7) is 3.56. The first-order valence-electron chi connectivity index (χ1n) is 7.68. The number of benzene rings is 1. The maximum absolute atomic E-state index is 13.9. The van der Waals surface area contributed by atoms with Crippen LogP contribution in [0.2, 0.25) is 0 Å². The second-order valence-electron chi connectivity index (χ2n) is 5.61. The Labute approximate surface area is 159 Å². The first-order valence-corrected chi connectivity index (χ1v) is 10.9. The zero-order chi connectivity index (χ0) is 18.9. The highest BCUT2D eigenvalue weighted by Gasteiger charge is 2.22. The van der Waals surface area contributed by atoms with Crippen molar-refractivity contribution in [2.45, 2.75) is 24.1 Å². The lowest BCUT2D eigenvalue weighted by Gasteiger charge is -2.14. The molecule has 138 valence electrons. The summed E-state index contributed by atoms with van der Waals surface area (Å²) in [7, 11) is -2.35. The lowest BCUT2D eigenvalue weighted by atomic mass is 10.1. The summed E-state index contributed by atoms with van der Waals surface area (Å²) < 4.78 is 46.8. The van der Waals surface area contributed by atoms with Gasteiger partial charge in [0.05, 0.1) is 22.7 Å². The van der Waals surface area contributed by atoms with Gasteiger partial charge >= 0.3 is 0 Å². The molecule has 2 heterocycles. The number of aromatic nitrogens is 1. The van der Waals surface area contributed by atoms with Crippen LogP contribution < -0.4 is 9.46 Å². The van der Waals surface area contributed by atoms with Crippen LogP contribution >= 0.6 is 22.7 Å². The molecule has 26 heavy (non-hydrogen) atoms. The molecule has 0 spiro atoms. The Morgan fingerprint density at radius 3 is 2.65 bits per heavy atom. The number of halogens is 1. The van der Waals surface area contributed by atoms with E-state index in [0.29, 0.717) is 5.56 Å². The van der Waals surface area contributed by atoms with E-state index >= 15 is 0 Å². The average molecular weight is 413 g/mol. The highest BCUT2D eigenvalue weighted by Crippen LogP contribution is 2.32. The predicted octanol–water partition coefficient (Wildman–Crippen LogP) is 4.37. The number of ether oxygens (including phenoxy) is 1. The SMILES string of the molecule is COc1ccc([C@H](C)NS(=O)(=O)c2ccc(-c3csc(C)n3)s2)cc1F. The lowest BCUT2D eigenvalue weighted by molar-refractivity contribution is 0.386. The maximum atomic E-state index is 13.9. The van der Waals surface area contributed by atoms with Crippen LogP contribution in [0.15, 0.2) is 39.9 Å². The van der Waals surface area contributed by atoms with Crippen LogP contribution in [0.5, 0.6) is 5.75 Å². The molecule has 0 aliphatic carbocycles. The largest absolute Gasteiger partial charge is 0.494 e. The van der Waals surface area contributed by atoms with Crippen molar-refractivity contribution < 1.29 is 17.5 Å². The molecule has 5 nitrogen and oxygen atoms in total. The number of methoxy groups -OCH3 is 1. The number of rotatable bonds is 6. The van der Waals surface area contributed by atoms with Gasteiger partial charge in [-0.1, -0.05) is 6.07 Å². The molecule has 0 saturated heterocycles. The van der Waals surface area contributed by atoms with Crippen LogP contribution in [0.1, 0.15) is 23.5 Å². The van der Waals surface area contributed by atoms with Crippen LogP contribution in [0.25, 0.3) is 10.6 Å². The molecule has 3 rings (SSSR count). The smallest absolute Gasteiger partial charge is 0.250 e. The molecule has 3 aromatic rings. The van der Waals surface area contributed by atoms with Crippen LogP contribution in [-0.2, 0) is 10.0 Å². The number of hydrogen-bond donors (Lipinski definition) is 1. The van der Waals surface area contributed by atoms with E-state index in [4.69, 9.17) is 4.74 Å². The van der Waals surface area contributed by atoms with Crippen LogP contribution in [0.4, 0.5) is 4.39 Å². The van der Waals surface area contributed by atoms with Crippen molar-refractivity contribution in [3.05, 3.63) is 52.1 Å². The molecule has 0 unspecified atom stereocenters. The molecular weight excluding hydrogens is 395 g/mol. The Bertz CT molecular complexity index is 1030. The van der Waals surface area contributed by atoms with Gasteiger partial charge in [0.2, 0.25) is 0 Å². The zero-order valence-corrected chi connectivity index (χ0v) is 16.8. The van der Waals surface area contributed by atoms with Gasteiger partial charge < -0.3 is 4.74 Å². The van der Waals surface area contributed by atoms with Gasteiger partial charge in [0.25, 0.3) is 10.0 Å². The van der Waals surface area contributed by atoms with Gasteiger partial charge in [0, 0.05) is 11.4 Å². The number of nitrogens with zero attached hydrogens (tertiary/aromatic N) is 1. The van der Waals surface area contributed by atoms with Crippen LogP contribution in [0.3, 0.4) is 0 Å². The second-order valence-corrected chi connectivity index (χ2v) is 9.69. The topological polar surface area (TPSA) is 68.3 Å². The summed E-state index contributed by atoms with van der Waals surface area (Å²) in [4.78, 5) is 5.16. The molecule has 0 amide bonds. The van der Waals surface area contributed by atoms with E-state index in [2.05, 4.69) is 9.71 Å². The van der Waals surface area contributed by atoms with E-state index in [1.165, 1.54) is 30.6 Å². The Kier molecular flexibility index (Phi) is 5.42. The Hall–Kier alpha value is -1.81. The van der Waals surface area contributed by atoms with Crippen molar-refractivity contribution in [1.82, 2.24) is 9.71 Å². The molecular formula is C17H17FN2O3S3. The third-order valence-corrected chi connectivity index (χ3v) is 7.64. The molecule has 0 radical (unpaired) electrons. The average Bonchev–Trinajstić information content (AvgIpc) is 3.23. The van der Waals surface area contributed by atoms with E-state index < -0.39 is 21.9 Å². The molecule has 2 aromatic heterocycles. The fourth-order valence-corrected chi connectivity index (χ4v) is 5.59. The zero-order valence-electron chi connectivity index (χ0n) is 14.3. The Morgan fingerprint density at radius 2 is 2.04 bits per heavy atom. The number of hydrogen-bond acceptors (Lipinski definition) is 6. The molecule has 1 aromatic carbocycles. The highest BCUT2D eigenvalue weighted by atomic mass is 32.2. The molecule has 0 aliphatic rings. The molecule has 0 saturated carbocycles. The van der Waals surface area contributed by atoms with E-state index in [9.17, 15) is 12.8 Å². The van der Waals surface area contributed by atoms with Gasteiger partial charge in [-0.15, -0.1) is 22.7 Å². The third-order valence-electron chi connectivity index (χ3n) is 3.73. The first-order chi connectivity index (χ1) is 12.3. The fourth-order valence-electron chi connectivity index (χ4n) is 2.39. The van der Waals surface area contributed by atoms with Crippen molar-refractivity contribution >= 4 is 32.7 Å². The number of sulfonamides is 1. The van der Waals surface area contributed by atoms with Gasteiger partial charge in [-0.3, -0.25) is 0 Å². The predicted molar refractivity (Wildman–Crippen MR) is 102 cm³/mol. The molecule has 1 N–H and O–H groups in total. The number of thiazole rings is 1. The molecule has 1 atom stereocenters. The van der Waals surface area contributed by atoms with Crippen molar-refractivity contribution in [3.63, 3.8) is 0 Å². The first kappa shape index (κ1) is 19.0. The van der Waals surface area contributed by atoms with Crippen molar-refractivity contribution in [1.29, 1.82) is 0 Å². The maximum Gasteiger partial charge on any atom is 0.250 e. The number of nitrogens with one attached hydrogen (secondary N) is 1. The van der Waals surface area contributed by atoms with Crippen molar-refractivity contribution in [3.8, 4) is 16.3 Å². The molecule has 9 heteroatoms. The quantitative estimate of drug-likeness (QED) is 0.653. The van der Waals surface area contributed by atoms with Gasteiger partial charge in [-0.05, 0) is 43.7 Å². The van der Waals surface area contributed by atoms with E-state index in [0.717, 1.165) is 26.9 Å². The van der Waals surface area contributed by atoms with Crippen molar-refractivity contribution in [2.24, 2.45) is 0 Å². The van der Waals surface area contributed by atoms with Gasteiger partial charge in [0.1, 0.15) is 4.21 Å². The monoisotopic (exact) mass is 412 g/mol. The summed E-state index contributed by atoms with van der Waals surface area (Å²) in [6, 6.07) is 7.08. The normalized spacial score (nSPS) is 12.9. The molecule has 0 aliphatic heterocycles. The van der Waals surface area contributed by atoms with Crippen LogP contribution in [-0.4, -0.2) is 20.5 Å². The summed E-state index contributed by atoms with van der Waals surface area (Å²) in [6.07, 6.45) is 0. The third kappa shape index (κ3) is 3.96.